The second-order valence-electron chi connectivity index (χ2n) is 3.83. The number of carbonyl (C=O) groups is 1. The van der Waals surface area contributed by atoms with Gasteiger partial charge in [-0.25, -0.2) is 4.99 Å². The number of aldehydes is 1. The van der Waals surface area contributed by atoms with Crippen molar-refractivity contribution in [2.45, 2.75) is 19.4 Å². The molecule has 2 heterocycles. The van der Waals surface area contributed by atoms with Gasteiger partial charge in [-0.05, 0) is 25.3 Å². The molecule has 1 aliphatic heterocycles. The SMILES string of the molecule is CC1(C)COC(c2ccsc2C=O)=N1. The zero-order valence-corrected chi connectivity index (χ0v) is 8.93. The molecule has 0 saturated carbocycles. The fourth-order valence-corrected chi connectivity index (χ4v) is 2.00. The summed E-state index contributed by atoms with van der Waals surface area (Å²) >= 11 is 1.41. The quantitative estimate of drug-likeness (QED) is 0.700. The molecule has 0 aliphatic carbocycles. The third-order valence-corrected chi connectivity index (χ3v) is 2.84. The van der Waals surface area contributed by atoms with Crippen molar-refractivity contribution in [2.75, 3.05) is 6.61 Å². The van der Waals surface area contributed by atoms with Gasteiger partial charge in [0.2, 0.25) is 5.90 Å². The van der Waals surface area contributed by atoms with Crippen LogP contribution in [0.4, 0.5) is 0 Å². The van der Waals surface area contributed by atoms with Crippen LogP contribution in [-0.2, 0) is 4.74 Å². The molecule has 1 aliphatic rings. The molecule has 0 spiro atoms. The van der Waals surface area contributed by atoms with Crippen LogP contribution in [-0.4, -0.2) is 24.3 Å². The Labute approximate surface area is 86.4 Å². The van der Waals surface area contributed by atoms with Crippen molar-refractivity contribution >= 4 is 23.5 Å². The maximum absolute atomic E-state index is 10.7. The van der Waals surface area contributed by atoms with E-state index < -0.39 is 0 Å². The first kappa shape index (κ1) is 9.40. The minimum Gasteiger partial charge on any atom is -0.475 e. The Bertz CT molecular complexity index is 393. The summed E-state index contributed by atoms with van der Waals surface area (Å²) in [6, 6.07) is 1.87. The maximum atomic E-state index is 10.7. The number of thiophene rings is 1. The molecule has 0 unspecified atom stereocenters. The van der Waals surface area contributed by atoms with Crippen molar-refractivity contribution in [1.82, 2.24) is 0 Å². The number of hydrogen-bond donors (Lipinski definition) is 0. The predicted octanol–water partition coefficient (Wildman–Crippen LogP) is 2.12. The summed E-state index contributed by atoms with van der Waals surface area (Å²) in [5.74, 6) is 0.596. The van der Waals surface area contributed by atoms with E-state index in [1.807, 2.05) is 25.3 Å². The van der Waals surface area contributed by atoms with Crippen molar-refractivity contribution in [2.24, 2.45) is 4.99 Å². The van der Waals surface area contributed by atoms with E-state index in [4.69, 9.17) is 4.74 Å². The van der Waals surface area contributed by atoms with E-state index in [-0.39, 0.29) is 5.54 Å². The summed E-state index contributed by atoms with van der Waals surface area (Å²) in [4.78, 5) is 15.8. The molecule has 0 bridgehead atoms. The maximum Gasteiger partial charge on any atom is 0.218 e. The van der Waals surface area contributed by atoms with E-state index in [0.717, 1.165) is 11.8 Å². The van der Waals surface area contributed by atoms with Crippen LogP contribution in [0, 0.1) is 0 Å². The lowest BCUT2D eigenvalue weighted by atomic mass is 10.1. The molecular weight excluding hydrogens is 198 g/mol. The first-order valence-electron chi connectivity index (χ1n) is 4.38. The molecular formula is C10H11NO2S. The van der Waals surface area contributed by atoms with E-state index in [2.05, 4.69) is 4.99 Å². The molecule has 14 heavy (non-hydrogen) atoms. The second-order valence-corrected chi connectivity index (χ2v) is 4.78. The van der Waals surface area contributed by atoms with Crippen molar-refractivity contribution in [1.29, 1.82) is 0 Å². The zero-order chi connectivity index (χ0) is 10.2. The Hall–Kier alpha value is -1.16. The summed E-state index contributed by atoms with van der Waals surface area (Å²) < 4.78 is 5.45. The molecule has 0 saturated heterocycles. The molecule has 3 nitrogen and oxygen atoms in total. The largest absolute Gasteiger partial charge is 0.475 e. The van der Waals surface area contributed by atoms with E-state index in [1.54, 1.807) is 0 Å². The van der Waals surface area contributed by atoms with Gasteiger partial charge in [0.1, 0.15) is 6.61 Å². The number of ether oxygens (including phenoxy) is 1. The Morgan fingerprint density at radius 3 is 3.00 bits per heavy atom. The molecule has 0 fully saturated rings. The van der Waals surface area contributed by atoms with Crippen LogP contribution >= 0.6 is 11.3 Å². The highest BCUT2D eigenvalue weighted by molar-refractivity contribution is 7.12. The number of aliphatic imine (C=N–C) groups is 1. The molecule has 0 N–H and O–H groups in total. The molecule has 1 aromatic rings. The van der Waals surface area contributed by atoms with Gasteiger partial charge >= 0.3 is 0 Å². The Kier molecular flexibility index (Phi) is 2.15. The minimum absolute atomic E-state index is 0.169. The predicted molar refractivity (Wildman–Crippen MR) is 56.3 cm³/mol. The van der Waals surface area contributed by atoms with Crippen LogP contribution in [0.1, 0.15) is 29.1 Å². The summed E-state index contributed by atoms with van der Waals surface area (Å²) in [5, 5.41) is 1.87. The Morgan fingerprint density at radius 1 is 1.64 bits per heavy atom. The number of rotatable bonds is 2. The third kappa shape index (κ3) is 1.57. The van der Waals surface area contributed by atoms with Crippen molar-refractivity contribution < 1.29 is 9.53 Å². The van der Waals surface area contributed by atoms with Gasteiger partial charge in [0.25, 0.3) is 0 Å². The van der Waals surface area contributed by atoms with Crippen LogP contribution in [0.5, 0.6) is 0 Å². The van der Waals surface area contributed by atoms with E-state index in [0.29, 0.717) is 17.4 Å². The molecule has 0 aromatic carbocycles. The standard InChI is InChI=1S/C10H11NO2S/c1-10(2)6-13-9(11-10)7-3-4-14-8(7)5-12/h3-5H,6H2,1-2H3. The average Bonchev–Trinajstić information content (AvgIpc) is 2.70. The Morgan fingerprint density at radius 2 is 2.43 bits per heavy atom. The molecule has 0 atom stereocenters. The van der Waals surface area contributed by atoms with Gasteiger partial charge in [0.05, 0.1) is 16.0 Å². The van der Waals surface area contributed by atoms with Crippen molar-refractivity contribution in [3.05, 3.63) is 21.9 Å². The lowest BCUT2D eigenvalue weighted by Crippen LogP contribution is -2.17. The Balaban J connectivity index is 2.37. The lowest BCUT2D eigenvalue weighted by Gasteiger charge is -2.07. The van der Waals surface area contributed by atoms with E-state index in [1.165, 1.54) is 11.3 Å². The van der Waals surface area contributed by atoms with E-state index in [9.17, 15) is 4.79 Å². The summed E-state index contributed by atoms with van der Waals surface area (Å²) in [7, 11) is 0. The summed E-state index contributed by atoms with van der Waals surface area (Å²) in [6.07, 6.45) is 0.844. The highest BCUT2D eigenvalue weighted by Gasteiger charge is 2.28. The van der Waals surface area contributed by atoms with Crippen LogP contribution in [0.3, 0.4) is 0 Å². The van der Waals surface area contributed by atoms with Gasteiger partial charge in [-0.15, -0.1) is 11.3 Å². The summed E-state index contributed by atoms with van der Waals surface area (Å²) in [6.45, 7) is 4.59. The van der Waals surface area contributed by atoms with Gasteiger partial charge in [0.15, 0.2) is 6.29 Å². The minimum atomic E-state index is -0.169. The normalized spacial score (nSPS) is 18.9. The number of nitrogens with zero attached hydrogens (tertiary/aromatic N) is 1. The fraction of sp³-hybridized carbons (Fsp3) is 0.400. The highest BCUT2D eigenvalue weighted by Crippen LogP contribution is 2.24. The third-order valence-electron chi connectivity index (χ3n) is 2.00. The molecule has 1 aromatic heterocycles. The number of hydrogen-bond acceptors (Lipinski definition) is 4. The van der Waals surface area contributed by atoms with Gasteiger partial charge in [-0.3, -0.25) is 4.79 Å². The van der Waals surface area contributed by atoms with Crippen molar-refractivity contribution in [3.63, 3.8) is 0 Å². The second kappa shape index (κ2) is 3.20. The number of carbonyl (C=O) groups excluding carboxylic acids is 1. The fourth-order valence-electron chi connectivity index (χ4n) is 1.31. The molecule has 0 amide bonds. The summed E-state index contributed by atoms with van der Waals surface area (Å²) in [5.41, 5.74) is 0.646. The van der Waals surface area contributed by atoms with Crippen LogP contribution < -0.4 is 0 Å². The van der Waals surface area contributed by atoms with Crippen LogP contribution in [0.2, 0.25) is 0 Å². The topological polar surface area (TPSA) is 38.7 Å². The molecule has 2 rings (SSSR count). The smallest absolute Gasteiger partial charge is 0.218 e. The van der Waals surface area contributed by atoms with E-state index >= 15 is 0 Å². The average molecular weight is 209 g/mol. The van der Waals surface area contributed by atoms with Gasteiger partial charge in [-0.2, -0.15) is 0 Å². The lowest BCUT2D eigenvalue weighted by molar-refractivity contribution is 0.112. The molecule has 74 valence electrons. The monoisotopic (exact) mass is 209 g/mol. The van der Waals surface area contributed by atoms with Gasteiger partial charge in [-0.1, -0.05) is 0 Å². The molecule has 0 radical (unpaired) electrons. The van der Waals surface area contributed by atoms with Gasteiger partial charge < -0.3 is 4.74 Å². The molecule has 4 heteroatoms. The highest BCUT2D eigenvalue weighted by atomic mass is 32.1. The zero-order valence-electron chi connectivity index (χ0n) is 8.11. The first-order chi connectivity index (χ1) is 6.62. The first-order valence-corrected chi connectivity index (χ1v) is 5.26. The van der Waals surface area contributed by atoms with Crippen LogP contribution in [0.15, 0.2) is 16.4 Å². The van der Waals surface area contributed by atoms with Crippen molar-refractivity contribution in [3.8, 4) is 0 Å². The van der Waals surface area contributed by atoms with Gasteiger partial charge in [0, 0.05) is 0 Å². The van der Waals surface area contributed by atoms with Crippen LogP contribution in [0.25, 0.3) is 0 Å².